The number of aliphatic hydroxyl groups excluding tert-OH is 1. The number of likely N-dealkylation sites (tertiary alicyclic amines) is 1. The van der Waals surface area contributed by atoms with E-state index in [0.29, 0.717) is 18.0 Å². The van der Waals surface area contributed by atoms with Gasteiger partial charge in [-0.25, -0.2) is 9.18 Å². The summed E-state index contributed by atoms with van der Waals surface area (Å²) < 4.78 is 21.6. The van der Waals surface area contributed by atoms with E-state index in [2.05, 4.69) is 31.9 Å². The summed E-state index contributed by atoms with van der Waals surface area (Å²) >= 11 is 1.47. The summed E-state index contributed by atoms with van der Waals surface area (Å²) in [7, 11) is 0. The predicted octanol–water partition coefficient (Wildman–Crippen LogP) is 4.89. The Morgan fingerprint density at radius 3 is 2.60 bits per heavy atom. The van der Waals surface area contributed by atoms with Gasteiger partial charge in [0.15, 0.2) is 11.6 Å². The van der Waals surface area contributed by atoms with Gasteiger partial charge in [0.1, 0.15) is 5.75 Å². The summed E-state index contributed by atoms with van der Waals surface area (Å²) in [6.45, 7) is 2.68. The fourth-order valence-corrected chi connectivity index (χ4v) is 6.12. The van der Waals surface area contributed by atoms with Gasteiger partial charge < -0.3 is 25.8 Å². The molecule has 0 unspecified atom stereocenters. The number of amides is 3. The SMILES string of the molecule is O=C(Nc1ccc(Oc2ccnc3cc(-c4ccc(CN5CCC(C(=O)NCCO)CC5)cn4)sc23)c(F)c1)NC1CC1. The van der Waals surface area contributed by atoms with Gasteiger partial charge in [0, 0.05) is 55.3 Å². The maximum Gasteiger partial charge on any atom is 0.319 e. The molecule has 43 heavy (non-hydrogen) atoms. The lowest BCUT2D eigenvalue weighted by atomic mass is 9.95. The van der Waals surface area contributed by atoms with Crippen molar-refractivity contribution in [2.45, 2.75) is 38.3 Å². The first-order chi connectivity index (χ1) is 20.9. The summed E-state index contributed by atoms with van der Waals surface area (Å²) in [5, 5.41) is 17.1. The first-order valence-corrected chi connectivity index (χ1v) is 15.3. The van der Waals surface area contributed by atoms with E-state index in [1.165, 1.54) is 23.5 Å². The Labute approximate surface area is 252 Å². The van der Waals surface area contributed by atoms with Crippen LogP contribution in [-0.2, 0) is 11.3 Å². The van der Waals surface area contributed by atoms with Crippen molar-refractivity contribution in [2.75, 3.05) is 31.6 Å². The maximum absolute atomic E-state index is 14.9. The standard InChI is InChI=1S/C31H33FN6O4S/c32-23-15-22(37-31(41)36-21-2-3-21)4-6-26(23)42-27-7-10-33-25-16-28(43-29(25)27)24-5-1-19(17-35-24)18-38-12-8-20(9-13-38)30(40)34-11-14-39/h1,4-7,10,15-17,20-21,39H,2-3,8-9,11-14,18H2,(H,34,40)(H2,36,37,41). The Hall–Kier alpha value is -4.13. The van der Waals surface area contributed by atoms with Gasteiger partial charge in [0.25, 0.3) is 0 Å². The molecule has 1 aromatic carbocycles. The van der Waals surface area contributed by atoms with Gasteiger partial charge in [0.05, 0.1) is 27.4 Å². The van der Waals surface area contributed by atoms with Crippen molar-refractivity contribution < 1.29 is 23.8 Å². The average molecular weight is 605 g/mol. The van der Waals surface area contributed by atoms with E-state index >= 15 is 0 Å². The van der Waals surface area contributed by atoms with Crippen LogP contribution in [0.15, 0.2) is 54.9 Å². The van der Waals surface area contributed by atoms with E-state index in [1.54, 1.807) is 18.3 Å². The second-order valence-corrected chi connectivity index (χ2v) is 11.9. The van der Waals surface area contributed by atoms with Crippen LogP contribution in [0.1, 0.15) is 31.2 Å². The molecule has 4 heterocycles. The zero-order valence-corrected chi connectivity index (χ0v) is 24.3. The first-order valence-electron chi connectivity index (χ1n) is 14.4. The van der Waals surface area contributed by atoms with Crippen LogP contribution in [0.4, 0.5) is 14.9 Å². The van der Waals surface area contributed by atoms with Crippen molar-refractivity contribution >= 4 is 39.2 Å². The molecule has 1 saturated heterocycles. The van der Waals surface area contributed by atoms with E-state index in [9.17, 15) is 14.0 Å². The van der Waals surface area contributed by atoms with Crippen molar-refractivity contribution in [1.82, 2.24) is 25.5 Å². The summed E-state index contributed by atoms with van der Waals surface area (Å²) in [6.07, 6.45) is 7.03. The third-order valence-corrected chi connectivity index (χ3v) is 8.71. The van der Waals surface area contributed by atoms with E-state index in [4.69, 9.17) is 14.8 Å². The average Bonchev–Trinajstić information content (AvgIpc) is 3.71. The molecule has 1 aliphatic carbocycles. The number of pyridine rings is 2. The quantitative estimate of drug-likeness (QED) is 0.203. The van der Waals surface area contributed by atoms with Crippen molar-refractivity contribution in [3.8, 4) is 22.1 Å². The zero-order chi connectivity index (χ0) is 29.8. The number of thiophene rings is 1. The third kappa shape index (κ3) is 7.27. The Balaban J connectivity index is 1.08. The highest BCUT2D eigenvalue weighted by atomic mass is 32.1. The number of fused-ring (bicyclic) bond motifs is 1. The largest absolute Gasteiger partial charge is 0.453 e. The number of rotatable bonds is 10. The molecule has 0 bridgehead atoms. The highest BCUT2D eigenvalue weighted by Gasteiger charge is 2.25. The molecule has 1 aliphatic heterocycles. The second kappa shape index (κ2) is 13.0. The maximum atomic E-state index is 14.9. The lowest BCUT2D eigenvalue weighted by molar-refractivity contribution is -0.126. The Morgan fingerprint density at radius 2 is 1.88 bits per heavy atom. The van der Waals surface area contributed by atoms with Crippen LogP contribution in [0, 0.1) is 11.7 Å². The van der Waals surface area contributed by atoms with Gasteiger partial charge in [-0.2, -0.15) is 0 Å². The van der Waals surface area contributed by atoms with E-state index < -0.39 is 5.82 Å². The Morgan fingerprint density at radius 1 is 1.05 bits per heavy atom. The number of aliphatic hydroxyl groups is 1. The normalized spacial score (nSPS) is 15.8. The molecule has 0 radical (unpaired) electrons. The number of benzene rings is 1. The van der Waals surface area contributed by atoms with Gasteiger partial charge in [-0.1, -0.05) is 6.07 Å². The number of urea groups is 1. The van der Waals surface area contributed by atoms with Crippen LogP contribution in [-0.4, -0.2) is 64.2 Å². The number of ether oxygens (including phenoxy) is 1. The molecule has 2 aliphatic rings. The molecule has 10 nitrogen and oxygen atoms in total. The van der Waals surface area contributed by atoms with Crippen LogP contribution in [0.3, 0.4) is 0 Å². The van der Waals surface area contributed by atoms with Crippen LogP contribution >= 0.6 is 11.3 Å². The van der Waals surface area contributed by atoms with Crippen LogP contribution in [0.5, 0.6) is 11.5 Å². The number of anilines is 1. The Kier molecular flexibility index (Phi) is 8.77. The zero-order valence-electron chi connectivity index (χ0n) is 23.5. The fourth-order valence-electron chi connectivity index (χ4n) is 5.08. The smallest absolute Gasteiger partial charge is 0.319 e. The lowest BCUT2D eigenvalue weighted by Gasteiger charge is -2.31. The van der Waals surface area contributed by atoms with Gasteiger partial charge in [-0.15, -0.1) is 11.3 Å². The van der Waals surface area contributed by atoms with Crippen molar-refractivity contribution in [3.05, 3.63) is 66.2 Å². The molecule has 4 aromatic rings. The van der Waals surface area contributed by atoms with Gasteiger partial charge in [-0.05, 0) is 68.6 Å². The Bertz CT molecular complexity index is 1600. The van der Waals surface area contributed by atoms with E-state index in [-0.39, 0.29) is 36.3 Å². The first kappa shape index (κ1) is 29.0. The monoisotopic (exact) mass is 604 g/mol. The third-order valence-electron chi connectivity index (χ3n) is 7.55. The molecule has 0 spiro atoms. The molecule has 0 atom stereocenters. The number of carbonyl (C=O) groups excluding carboxylic acids is 2. The lowest BCUT2D eigenvalue weighted by Crippen LogP contribution is -2.40. The minimum Gasteiger partial charge on any atom is -0.453 e. The number of halogens is 1. The number of hydrogen-bond acceptors (Lipinski definition) is 8. The number of carbonyl (C=O) groups is 2. The number of piperidine rings is 1. The molecular weight excluding hydrogens is 571 g/mol. The molecule has 4 N–H and O–H groups in total. The molecule has 224 valence electrons. The van der Waals surface area contributed by atoms with Gasteiger partial charge >= 0.3 is 6.03 Å². The molecule has 3 aromatic heterocycles. The predicted molar refractivity (Wildman–Crippen MR) is 163 cm³/mol. The fraction of sp³-hybridized carbons (Fsp3) is 0.355. The number of nitrogens with one attached hydrogen (secondary N) is 3. The van der Waals surface area contributed by atoms with Crippen molar-refractivity contribution in [3.63, 3.8) is 0 Å². The van der Waals surface area contributed by atoms with Crippen LogP contribution < -0.4 is 20.7 Å². The summed E-state index contributed by atoms with van der Waals surface area (Å²) in [4.78, 5) is 36.5. The molecule has 12 heteroatoms. The topological polar surface area (TPSA) is 129 Å². The number of nitrogens with zero attached hydrogens (tertiary/aromatic N) is 3. The van der Waals surface area contributed by atoms with Crippen molar-refractivity contribution in [1.29, 1.82) is 0 Å². The molecule has 6 rings (SSSR count). The van der Waals surface area contributed by atoms with Gasteiger partial charge in [0.2, 0.25) is 5.91 Å². The summed E-state index contributed by atoms with van der Waals surface area (Å²) in [5.74, 6) is -0.0320. The minimum absolute atomic E-state index is 0.00330. The molecule has 3 amide bonds. The van der Waals surface area contributed by atoms with Crippen LogP contribution in [0.2, 0.25) is 0 Å². The van der Waals surface area contributed by atoms with E-state index in [0.717, 1.165) is 71.7 Å². The van der Waals surface area contributed by atoms with Crippen molar-refractivity contribution in [2.24, 2.45) is 5.92 Å². The highest BCUT2D eigenvalue weighted by molar-refractivity contribution is 7.22. The summed E-state index contributed by atoms with van der Waals surface area (Å²) in [5.41, 5.74) is 2.98. The number of aromatic nitrogens is 2. The minimum atomic E-state index is -0.586. The molecular formula is C31H33FN6O4S. The van der Waals surface area contributed by atoms with Gasteiger partial charge in [-0.3, -0.25) is 19.7 Å². The second-order valence-electron chi connectivity index (χ2n) is 10.9. The molecule has 2 fully saturated rings. The molecule has 1 saturated carbocycles. The van der Waals surface area contributed by atoms with Crippen LogP contribution in [0.25, 0.3) is 20.8 Å². The summed E-state index contributed by atoms with van der Waals surface area (Å²) in [6, 6.07) is 11.9. The highest BCUT2D eigenvalue weighted by Crippen LogP contribution is 2.39. The number of hydrogen-bond donors (Lipinski definition) is 4. The van der Waals surface area contributed by atoms with E-state index in [1.807, 2.05) is 18.3 Å².